The first-order valence-corrected chi connectivity index (χ1v) is 7.51. The van der Waals surface area contributed by atoms with E-state index in [9.17, 15) is 9.59 Å². The van der Waals surface area contributed by atoms with Gasteiger partial charge in [-0.2, -0.15) is 0 Å². The first kappa shape index (κ1) is 14.5. The quantitative estimate of drug-likeness (QED) is 0.787. The molecule has 2 fully saturated rings. The summed E-state index contributed by atoms with van der Waals surface area (Å²) in [4.78, 5) is 26.0. The summed E-state index contributed by atoms with van der Waals surface area (Å²) < 4.78 is 5.60. The molecule has 0 radical (unpaired) electrons. The Morgan fingerprint density at radius 3 is 2.63 bits per heavy atom. The first-order chi connectivity index (χ1) is 9.09. The molecule has 0 aromatic heterocycles. The van der Waals surface area contributed by atoms with E-state index in [4.69, 9.17) is 4.74 Å². The lowest BCUT2D eigenvalue weighted by Crippen LogP contribution is -2.47. The van der Waals surface area contributed by atoms with Crippen molar-refractivity contribution in [2.75, 3.05) is 13.2 Å². The van der Waals surface area contributed by atoms with E-state index in [1.807, 2.05) is 4.90 Å². The zero-order valence-electron chi connectivity index (χ0n) is 12.1. The Balaban J connectivity index is 2.07. The lowest BCUT2D eigenvalue weighted by Gasteiger charge is -2.32. The van der Waals surface area contributed by atoms with Crippen molar-refractivity contribution in [1.29, 1.82) is 0 Å². The minimum absolute atomic E-state index is 0.0869. The van der Waals surface area contributed by atoms with Gasteiger partial charge in [0.2, 0.25) is 0 Å². The number of hydrogen-bond donors (Lipinski definition) is 0. The van der Waals surface area contributed by atoms with Crippen LogP contribution in [0.15, 0.2) is 0 Å². The maximum Gasteiger partial charge on any atom is 0.252 e. The predicted molar refractivity (Wildman–Crippen MR) is 72.8 cm³/mol. The van der Waals surface area contributed by atoms with E-state index in [0.717, 1.165) is 38.6 Å². The van der Waals surface area contributed by atoms with Gasteiger partial charge in [-0.1, -0.05) is 19.8 Å². The van der Waals surface area contributed by atoms with Crippen molar-refractivity contribution in [3.8, 4) is 0 Å². The van der Waals surface area contributed by atoms with Crippen molar-refractivity contribution in [1.82, 2.24) is 4.90 Å². The minimum atomic E-state index is -0.285. The molecule has 0 bridgehead atoms. The van der Waals surface area contributed by atoms with Crippen LogP contribution in [0.1, 0.15) is 52.4 Å². The molecule has 2 aliphatic heterocycles. The smallest absolute Gasteiger partial charge is 0.252 e. The zero-order valence-corrected chi connectivity index (χ0v) is 12.1. The maximum atomic E-state index is 12.6. The molecule has 1 amide bonds. The second-order valence-corrected chi connectivity index (χ2v) is 6.00. The molecule has 3 unspecified atom stereocenters. The number of carbonyl (C=O) groups excluding carboxylic acids is 2. The first-order valence-electron chi connectivity index (χ1n) is 7.51. The fourth-order valence-corrected chi connectivity index (χ4v) is 3.19. The lowest BCUT2D eigenvalue weighted by atomic mass is 10.00. The van der Waals surface area contributed by atoms with Gasteiger partial charge in [-0.05, 0) is 32.1 Å². The van der Waals surface area contributed by atoms with Crippen molar-refractivity contribution < 1.29 is 14.3 Å². The number of hydrogen-bond acceptors (Lipinski definition) is 3. The van der Waals surface area contributed by atoms with Crippen LogP contribution in [0.25, 0.3) is 0 Å². The van der Waals surface area contributed by atoms with Crippen LogP contribution in [0.2, 0.25) is 0 Å². The van der Waals surface area contributed by atoms with Gasteiger partial charge < -0.3 is 9.64 Å². The van der Waals surface area contributed by atoms with Crippen molar-refractivity contribution in [2.24, 2.45) is 5.92 Å². The third-order valence-corrected chi connectivity index (χ3v) is 4.31. The van der Waals surface area contributed by atoms with Gasteiger partial charge >= 0.3 is 0 Å². The minimum Gasteiger partial charge on any atom is -0.368 e. The molecule has 0 N–H and O–H groups in total. The zero-order chi connectivity index (χ0) is 13.8. The Hall–Kier alpha value is -0.900. The lowest BCUT2D eigenvalue weighted by molar-refractivity contribution is -0.145. The van der Waals surface area contributed by atoms with Crippen LogP contribution in [0.3, 0.4) is 0 Å². The Morgan fingerprint density at radius 2 is 2.00 bits per heavy atom. The molecule has 108 valence electrons. The van der Waals surface area contributed by atoms with Crippen LogP contribution in [0.4, 0.5) is 0 Å². The van der Waals surface area contributed by atoms with Crippen LogP contribution in [-0.4, -0.2) is 41.9 Å². The Morgan fingerprint density at radius 1 is 1.21 bits per heavy atom. The van der Waals surface area contributed by atoms with Gasteiger partial charge in [-0.15, -0.1) is 0 Å². The molecular weight excluding hydrogens is 242 g/mol. The van der Waals surface area contributed by atoms with Crippen molar-refractivity contribution in [3.05, 3.63) is 0 Å². The number of Topliss-reactive ketones (excluding diaryl/α,β-unsaturated/α-hetero) is 1. The fourth-order valence-electron chi connectivity index (χ4n) is 3.19. The van der Waals surface area contributed by atoms with Gasteiger partial charge in [0.15, 0.2) is 0 Å². The molecular formula is C15H25NO3. The molecule has 0 aliphatic carbocycles. The van der Waals surface area contributed by atoms with E-state index in [-0.39, 0.29) is 23.8 Å². The highest BCUT2D eigenvalue weighted by Gasteiger charge is 2.37. The number of nitrogens with zero attached hydrogens (tertiary/aromatic N) is 1. The molecule has 3 atom stereocenters. The topological polar surface area (TPSA) is 46.6 Å². The highest BCUT2D eigenvalue weighted by Crippen LogP contribution is 2.26. The fraction of sp³-hybridized carbons (Fsp3) is 0.867. The van der Waals surface area contributed by atoms with Crippen molar-refractivity contribution >= 4 is 11.7 Å². The van der Waals surface area contributed by atoms with Crippen LogP contribution in [0.5, 0.6) is 0 Å². The predicted octanol–water partition coefficient (Wildman–Crippen LogP) is 2.16. The molecule has 0 aromatic rings. The summed E-state index contributed by atoms with van der Waals surface area (Å²) in [5.74, 6) is 0.581. The van der Waals surface area contributed by atoms with Gasteiger partial charge in [0.05, 0.1) is 0 Å². The van der Waals surface area contributed by atoms with E-state index in [1.54, 1.807) is 6.92 Å². The highest BCUT2D eigenvalue weighted by molar-refractivity contribution is 5.83. The van der Waals surface area contributed by atoms with E-state index in [0.29, 0.717) is 18.9 Å². The summed E-state index contributed by atoms with van der Waals surface area (Å²) >= 11 is 0. The summed E-state index contributed by atoms with van der Waals surface area (Å²) in [6.45, 7) is 5.15. The number of likely N-dealkylation sites (tertiary alicyclic amines) is 1. The molecule has 2 rings (SSSR count). The maximum absolute atomic E-state index is 12.6. The van der Waals surface area contributed by atoms with Crippen LogP contribution < -0.4 is 0 Å². The van der Waals surface area contributed by atoms with Gasteiger partial charge in [0, 0.05) is 25.6 Å². The molecule has 0 saturated carbocycles. The van der Waals surface area contributed by atoms with Gasteiger partial charge in [0.1, 0.15) is 11.9 Å². The average molecular weight is 267 g/mol. The molecule has 4 nitrogen and oxygen atoms in total. The molecule has 2 aliphatic rings. The van der Waals surface area contributed by atoms with Gasteiger partial charge in [-0.25, -0.2) is 0 Å². The SMILES string of the molecule is CC(=O)CC1CCCCCN1C(=O)C1OCCC1C. The molecule has 2 saturated heterocycles. The van der Waals surface area contributed by atoms with Crippen molar-refractivity contribution in [2.45, 2.75) is 64.5 Å². The summed E-state index contributed by atoms with van der Waals surface area (Å²) in [5, 5.41) is 0. The number of rotatable bonds is 3. The summed E-state index contributed by atoms with van der Waals surface area (Å²) in [6, 6.07) is 0.0869. The third-order valence-electron chi connectivity index (χ3n) is 4.31. The second kappa shape index (κ2) is 6.51. The summed E-state index contributed by atoms with van der Waals surface area (Å²) in [7, 11) is 0. The number of ether oxygens (including phenoxy) is 1. The van der Waals surface area contributed by atoms with Crippen LogP contribution >= 0.6 is 0 Å². The van der Waals surface area contributed by atoms with Gasteiger partial charge in [-0.3, -0.25) is 9.59 Å². The normalized spacial score (nSPS) is 32.1. The Kier molecular flexibility index (Phi) is 4.97. The average Bonchev–Trinajstić information content (AvgIpc) is 2.64. The van der Waals surface area contributed by atoms with E-state index in [1.165, 1.54) is 0 Å². The molecule has 2 heterocycles. The summed E-state index contributed by atoms with van der Waals surface area (Å²) in [5.41, 5.74) is 0. The molecule has 0 aromatic carbocycles. The van der Waals surface area contributed by atoms with Crippen LogP contribution in [-0.2, 0) is 14.3 Å². The second-order valence-electron chi connectivity index (χ2n) is 6.00. The standard InChI is InChI=1S/C15H25NO3/c1-11-7-9-19-14(11)15(18)16-8-5-3-4-6-13(16)10-12(2)17/h11,13-14H,3-10H2,1-2H3. The number of amides is 1. The number of carbonyl (C=O) groups is 2. The Bertz CT molecular complexity index is 342. The largest absolute Gasteiger partial charge is 0.368 e. The van der Waals surface area contributed by atoms with E-state index < -0.39 is 0 Å². The van der Waals surface area contributed by atoms with Crippen LogP contribution in [0, 0.1) is 5.92 Å². The van der Waals surface area contributed by atoms with E-state index in [2.05, 4.69) is 6.92 Å². The number of ketones is 1. The highest BCUT2D eigenvalue weighted by atomic mass is 16.5. The van der Waals surface area contributed by atoms with E-state index >= 15 is 0 Å². The van der Waals surface area contributed by atoms with Crippen molar-refractivity contribution in [3.63, 3.8) is 0 Å². The third kappa shape index (κ3) is 3.56. The summed E-state index contributed by atoms with van der Waals surface area (Å²) in [6.07, 6.45) is 5.43. The molecule has 0 spiro atoms. The van der Waals surface area contributed by atoms with Gasteiger partial charge in [0.25, 0.3) is 5.91 Å². The molecule has 19 heavy (non-hydrogen) atoms. The molecule has 4 heteroatoms. The monoisotopic (exact) mass is 267 g/mol. The Labute approximate surface area is 115 Å².